The molecule has 2 rings (SSSR count). The highest BCUT2D eigenvalue weighted by atomic mass is 79.9. The van der Waals surface area contributed by atoms with E-state index in [0.717, 1.165) is 12.1 Å². The molecule has 2 aromatic rings. The van der Waals surface area contributed by atoms with Gasteiger partial charge in [0.1, 0.15) is 17.5 Å². The zero-order valence-corrected chi connectivity index (χ0v) is 11.4. The van der Waals surface area contributed by atoms with Crippen molar-refractivity contribution in [3.8, 4) is 0 Å². The minimum Gasteiger partial charge on any atom is -0.323 e. The van der Waals surface area contributed by atoms with E-state index in [-0.39, 0.29) is 12.0 Å². The van der Waals surface area contributed by atoms with Crippen LogP contribution in [-0.4, -0.2) is 0 Å². The summed E-state index contributed by atoms with van der Waals surface area (Å²) in [6.45, 7) is 0. The van der Waals surface area contributed by atoms with E-state index in [2.05, 4.69) is 15.9 Å². The van der Waals surface area contributed by atoms with E-state index < -0.39 is 23.5 Å². The average molecular weight is 330 g/mol. The molecule has 0 radical (unpaired) electrons. The van der Waals surface area contributed by atoms with E-state index in [0.29, 0.717) is 10.0 Å². The number of benzene rings is 2. The minimum absolute atomic E-state index is 0.160. The molecule has 0 amide bonds. The van der Waals surface area contributed by atoms with Gasteiger partial charge in [-0.2, -0.15) is 0 Å². The molecule has 0 aliphatic carbocycles. The van der Waals surface area contributed by atoms with Crippen molar-refractivity contribution in [1.29, 1.82) is 0 Å². The molecule has 19 heavy (non-hydrogen) atoms. The Morgan fingerprint density at radius 1 is 1.05 bits per heavy atom. The van der Waals surface area contributed by atoms with E-state index in [4.69, 9.17) is 5.73 Å². The van der Waals surface area contributed by atoms with Gasteiger partial charge in [0.2, 0.25) is 0 Å². The van der Waals surface area contributed by atoms with Gasteiger partial charge in [0, 0.05) is 16.1 Å². The summed E-state index contributed by atoms with van der Waals surface area (Å²) in [5, 5.41) is 0. The summed E-state index contributed by atoms with van der Waals surface area (Å²) >= 11 is 3.00. The lowest BCUT2D eigenvalue weighted by Crippen LogP contribution is -2.17. The van der Waals surface area contributed by atoms with Crippen LogP contribution < -0.4 is 5.73 Å². The summed E-state index contributed by atoms with van der Waals surface area (Å²) in [4.78, 5) is 0. The topological polar surface area (TPSA) is 26.0 Å². The van der Waals surface area contributed by atoms with Gasteiger partial charge in [0.15, 0.2) is 0 Å². The van der Waals surface area contributed by atoms with Crippen molar-refractivity contribution >= 4 is 15.9 Å². The fourth-order valence-electron chi connectivity index (χ4n) is 1.93. The third kappa shape index (κ3) is 3.36. The Balaban J connectivity index is 2.28. The molecule has 0 aromatic heterocycles. The van der Waals surface area contributed by atoms with Crippen molar-refractivity contribution in [1.82, 2.24) is 0 Å². The molecular weight excluding hydrogens is 319 g/mol. The first-order valence-corrected chi connectivity index (χ1v) is 6.41. The van der Waals surface area contributed by atoms with Gasteiger partial charge in [0.05, 0.1) is 0 Å². The number of hydrogen-bond donors (Lipinski definition) is 1. The Kier molecular flexibility index (Phi) is 4.27. The maximum Gasteiger partial charge on any atom is 0.132 e. The van der Waals surface area contributed by atoms with Gasteiger partial charge in [-0.15, -0.1) is 0 Å². The summed E-state index contributed by atoms with van der Waals surface area (Å²) in [6.07, 6.45) is 0.160. The quantitative estimate of drug-likeness (QED) is 0.901. The van der Waals surface area contributed by atoms with Gasteiger partial charge in [-0.05, 0) is 36.2 Å². The molecule has 0 aliphatic rings. The van der Waals surface area contributed by atoms with Crippen LogP contribution in [0.3, 0.4) is 0 Å². The van der Waals surface area contributed by atoms with Crippen LogP contribution in [0.4, 0.5) is 13.2 Å². The molecule has 0 saturated carbocycles. The predicted octanol–water partition coefficient (Wildman–Crippen LogP) is 4.11. The van der Waals surface area contributed by atoms with Gasteiger partial charge in [-0.3, -0.25) is 0 Å². The average Bonchev–Trinajstić information content (AvgIpc) is 2.27. The van der Waals surface area contributed by atoms with Crippen LogP contribution in [0.25, 0.3) is 0 Å². The fraction of sp³-hybridized carbons (Fsp3) is 0.143. The summed E-state index contributed by atoms with van der Waals surface area (Å²) in [7, 11) is 0. The maximum atomic E-state index is 13.7. The van der Waals surface area contributed by atoms with Crippen LogP contribution in [0, 0.1) is 17.5 Å². The lowest BCUT2D eigenvalue weighted by atomic mass is 9.99. The lowest BCUT2D eigenvalue weighted by Gasteiger charge is -2.14. The molecule has 1 nitrogen and oxygen atoms in total. The molecule has 0 saturated heterocycles. The van der Waals surface area contributed by atoms with Crippen molar-refractivity contribution in [2.24, 2.45) is 5.73 Å². The molecule has 100 valence electrons. The molecule has 2 N–H and O–H groups in total. The van der Waals surface area contributed by atoms with Crippen LogP contribution in [0.2, 0.25) is 0 Å². The molecule has 2 aromatic carbocycles. The van der Waals surface area contributed by atoms with E-state index in [1.54, 1.807) is 6.07 Å². The number of nitrogens with two attached hydrogens (primary N) is 1. The second-order valence-corrected chi connectivity index (χ2v) is 5.14. The third-order valence-corrected chi connectivity index (χ3v) is 3.22. The molecule has 0 heterocycles. The molecule has 0 bridgehead atoms. The fourth-order valence-corrected chi connectivity index (χ4v) is 2.33. The maximum absolute atomic E-state index is 13.7. The Labute approximate surface area is 117 Å². The molecular formula is C14H11BrF3N. The molecule has 1 unspecified atom stereocenters. The standard InChI is InChI=1S/C14H11BrF3N/c15-9-6-11(17)14(12(18)7-9)13(19)5-8-2-1-3-10(16)4-8/h1-4,6-7,13H,5,19H2. The first-order valence-electron chi connectivity index (χ1n) is 5.62. The largest absolute Gasteiger partial charge is 0.323 e. The lowest BCUT2D eigenvalue weighted by molar-refractivity contribution is 0.523. The predicted molar refractivity (Wildman–Crippen MR) is 71.1 cm³/mol. The van der Waals surface area contributed by atoms with Crippen LogP contribution in [0.15, 0.2) is 40.9 Å². The molecule has 0 aliphatic heterocycles. The highest BCUT2D eigenvalue weighted by Gasteiger charge is 2.18. The van der Waals surface area contributed by atoms with Crippen molar-refractivity contribution in [2.75, 3.05) is 0 Å². The first-order chi connectivity index (χ1) is 8.97. The number of rotatable bonds is 3. The SMILES string of the molecule is NC(Cc1cccc(F)c1)c1c(F)cc(Br)cc1F. The highest BCUT2D eigenvalue weighted by molar-refractivity contribution is 9.10. The Morgan fingerprint density at radius 3 is 2.26 bits per heavy atom. The summed E-state index contributed by atoms with van der Waals surface area (Å²) in [5.74, 6) is -1.83. The first kappa shape index (κ1) is 14.1. The number of hydrogen-bond acceptors (Lipinski definition) is 1. The normalized spacial score (nSPS) is 12.5. The van der Waals surface area contributed by atoms with Crippen molar-refractivity contribution in [2.45, 2.75) is 12.5 Å². The van der Waals surface area contributed by atoms with Crippen molar-refractivity contribution in [3.05, 3.63) is 69.4 Å². The smallest absolute Gasteiger partial charge is 0.132 e. The second-order valence-electron chi connectivity index (χ2n) is 4.22. The van der Waals surface area contributed by atoms with Crippen LogP contribution >= 0.6 is 15.9 Å². The highest BCUT2D eigenvalue weighted by Crippen LogP contribution is 2.25. The van der Waals surface area contributed by atoms with Crippen molar-refractivity contribution in [3.63, 3.8) is 0 Å². The molecule has 0 fully saturated rings. The van der Waals surface area contributed by atoms with E-state index >= 15 is 0 Å². The zero-order valence-electron chi connectivity index (χ0n) is 9.84. The van der Waals surface area contributed by atoms with Crippen molar-refractivity contribution < 1.29 is 13.2 Å². The number of halogens is 4. The summed E-state index contributed by atoms with van der Waals surface area (Å²) in [6, 6.07) is 7.25. The van der Waals surface area contributed by atoms with Gasteiger partial charge >= 0.3 is 0 Å². The van der Waals surface area contributed by atoms with Crippen LogP contribution in [0.1, 0.15) is 17.2 Å². The minimum atomic E-state index is -0.866. The summed E-state index contributed by atoms with van der Waals surface area (Å²) < 4.78 is 40.8. The summed E-state index contributed by atoms with van der Waals surface area (Å²) in [5.41, 5.74) is 6.22. The van der Waals surface area contributed by atoms with Gasteiger partial charge in [0.25, 0.3) is 0 Å². The monoisotopic (exact) mass is 329 g/mol. The van der Waals surface area contributed by atoms with E-state index in [1.165, 1.54) is 18.2 Å². The Bertz CT molecular complexity index is 578. The molecule has 1 atom stereocenters. The molecule has 5 heteroatoms. The zero-order chi connectivity index (χ0) is 14.0. The third-order valence-electron chi connectivity index (χ3n) is 2.76. The van der Waals surface area contributed by atoms with Gasteiger partial charge in [-0.1, -0.05) is 28.1 Å². The van der Waals surface area contributed by atoms with E-state index in [9.17, 15) is 13.2 Å². The van der Waals surface area contributed by atoms with Gasteiger partial charge in [-0.25, -0.2) is 13.2 Å². The Hall–Kier alpha value is -1.33. The van der Waals surface area contributed by atoms with Gasteiger partial charge < -0.3 is 5.73 Å². The Morgan fingerprint density at radius 2 is 1.68 bits per heavy atom. The second kappa shape index (κ2) is 5.75. The molecule has 0 spiro atoms. The van der Waals surface area contributed by atoms with Crippen LogP contribution in [-0.2, 0) is 6.42 Å². The van der Waals surface area contributed by atoms with E-state index in [1.807, 2.05) is 0 Å². The van der Waals surface area contributed by atoms with Crippen LogP contribution in [0.5, 0.6) is 0 Å².